The van der Waals surface area contributed by atoms with Crippen molar-refractivity contribution in [2.45, 2.75) is 11.5 Å². The summed E-state index contributed by atoms with van der Waals surface area (Å²) in [5.41, 5.74) is -0.450. The van der Waals surface area contributed by atoms with Crippen LogP contribution in [0.4, 0.5) is 8.78 Å². The molecule has 84 valence electrons. The Bertz CT molecular complexity index is 496. The maximum Gasteiger partial charge on any atom is 0.279 e. The van der Waals surface area contributed by atoms with Gasteiger partial charge in [0.05, 0.1) is 4.47 Å². The molecule has 0 aliphatic heterocycles. The number of hydrogen-bond acceptors (Lipinski definition) is 3. The molecule has 0 fully saturated rings. The summed E-state index contributed by atoms with van der Waals surface area (Å²) in [7, 11) is 0.908. The number of nitrogens with zero attached hydrogens (tertiary/aromatic N) is 1. The molecule has 0 saturated carbocycles. The van der Waals surface area contributed by atoms with Gasteiger partial charge in [0.1, 0.15) is 3.70 Å². The highest BCUT2D eigenvalue weighted by Gasteiger charge is 2.23. The van der Waals surface area contributed by atoms with Crippen molar-refractivity contribution in [2.24, 2.45) is 0 Å². The van der Waals surface area contributed by atoms with Crippen molar-refractivity contribution in [3.8, 4) is 0 Å². The van der Waals surface area contributed by atoms with Crippen LogP contribution in [0.3, 0.4) is 0 Å². The quantitative estimate of drug-likeness (QED) is 0.409. The van der Waals surface area contributed by atoms with Crippen molar-refractivity contribution in [3.63, 3.8) is 0 Å². The fraction of sp³-hybridized carbons (Fsp3) is 0.167. The molecule has 0 bridgehead atoms. The van der Waals surface area contributed by atoms with Gasteiger partial charge in [0.15, 0.2) is 5.03 Å². The second-order valence-electron chi connectivity index (χ2n) is 2.39. The lowest BCUT2D eigenvalue weighted by atomic mass is 10.3. The van der Waals surface area contributed by atoms with E-state index in [1.165, 1.54) is 0 Å². The third-order valence-corrected chi connectivity index (χ3v) is 4.23. The molecule has 0 radical (unpaired) electrons. The molecule has 0 amide bonds. The zero-order valence-corrected chi connectivity index (χ0v) is 12.0. The van der Waals surface area contributed by atoms with Crippen LogP contribution < -0.4 is 0 Å². The first-order valence-electron chi connectivity index (χ1n) is 3.32. The zero-order valence-electron chi connectivity index (χ0n) is 6.72. The summed E-state index contributed by atoms with van der Waals surface area (Å²) in [5, 5.41) is -0.591. The van der Waals surface area contributed by atoms with Crippen LogP contribution in [0.15, 0.2) is 15.6 Å². The van der Waals surface area contributed by atoms with Crippen LogP contribution in [0.2, 0.25) is 0 Å². The molecule has 0 N–H and O–H groups in total. The lowest BCUT2D eigenvalue weighted by Gasteiger charge is -2.06. The first-order chi connectivity index (χ1) is 6.73. The molecule has 15 heavy (non-hydrogen) atoms. The largest absolute Gasteiger partial charge is 0.279 e. The van der Waals surface area contributed by atoms with Crippen LogP contribution in [0.5, 0.6) is 0 Å². The van der Waals surface area contributed by atoms with Gasteiger partial charge in [-0.15, -0.1) is 0 Å². The Morgan fingerprint density at radius 1 is 1.53 bits per heavy atom. The van der Waals surface area contributed by atoms with Crippen LogP contribution in [0.25, 0.3) is 0 Å². The van der Waals surface area contributed by atoms with E-state index in [4.69, 9.17) is 10.7 Å². The van der Waals surface area contributed by atoms with E-state index in [1.807, 2.05) is 0 Å². The molecule has 0 aliphatic carbocycles. The monoisotopic (exact) mass is 431 g/mol. The standard InChI is InChI=1S/C6H2BrClF2INO2S/c7-4-2(5(9)10)1-3(11)12-6(4)15(8,13)14/h1,5H. The minimum atomic E-state index is -4.14. The predicted molar refractivity (Wildman–Crippen MR) is 62.6 cm³/mol. The summed E-state index contributed by atoms with van der Waals surface area (Å²) in [4.78, 5) is 3.57. The van der Waals surface area contributed by atoms with Gasteiger partial charge in [0.25, 0.3) is 15.5 Å². The van der Waals surface area contributed by atoms with Gasteiger partial charge in [-0.2, -0.15) is 0 Å². The third-order valence-electron chi connectivity index (χ3n) is 1.39. The minimum Gasteiger partial charge on any atom is -0.228 e. The maximum atomic E-state index is 12.5. The van der Waals surface area contributed by atoms with Crippen LogP contribution in [0, 0.1) is 3.70 Å². The molecule has 3 nitrogen and oxygen atoms in total. The molecule has 0 atom stereocenters. The van der Waals surface area contributed by atoms with Crippen molar-refractivity contribution in [3.05, 3.63) is 19.8 Å². The van der Waals surface area contributed by atoms with E-state index in [0.29, 0.717) is 0 Å². The molecule has 1 heterocycles. The molecular formula is C6H2BrClF2INO2S. The first kappa shape index (κ1) is 13.5. The Balaban J connectivity index is 3.56. The van der Waals surface area contributed by atoms with Gasteiger partial charge >= 0.3 is 0 Å². The lowest BCUT2D eigenvalue weighted by molar-refractivity contribution is 0.150. The van der Waals surface area contributed by atoms with Crippen LogP contribution in [-0.2, 0) is 9.05 Å². The minimum absolute atomic E-state index is 0.130. The van der Waals surface area contributed by atoms with Gasteiger partial charge in [-0.1, -0.05) is 0 Å². The number of alkyl halides is 2. The lowest BCUT2D eigenvalue weighted by Crippen LogP contribution is -2.02. The van der Waals surface area contributed by atoms with Gasteiger partial charge in [-0.25, -0.2) is 22.2 Å². The van der Waals surface area contributed by atoms with Gasteiger partial charge in [-0.3, -0.25) is 0 Å². The number of pyridine rings is 1. The third kappa shape index (κ3) is 3.21. The second-order valence-corrected chi connectivity index (χ2v) is 6.77. The van der Waals surface area contributed by atoms with Crippen LogP contribution >= 0.6 is 49.2 Å². The molecule has 0 saturated heterocycles. The Morgan fingerprint density at radius 2 is 2.07 bits per heavy atom. The summed E-state index contributed by atoms with van der Waals surface area (Å²) in [6.45, 7) is 0. The van der Waals surface area contributed by atoms with Crippen LogP contribution in [0.1, 0.15) is 12.0 Å². The molecule has 9 heteroatoms. The molecule has 0 spiro atoms. The summed E-state index contributed by atoms with van der Waals surface area (Å²) in [6, 6.07) is 1.08. The molecule has 0 unspecified atom stereocenters. The molecule has 1 aromatic heterocycles. The average Bonchev–Trinajstić information content (AvgIpc) is 2.06. The number of aromatic nitrogens is 1. The number of halogens is 5. The van der Waals surface area contributed by atoms with Gasteiger partial charge in [0, 0.05) is 16.2 Å². The van der Waals surface area contributed by atoms with Crippen molar-refractivity contribution in [2.75, 3.05) is 0 Å². The van der Waals surface area contributed by atoms with Gasteiger partial charge < -0.3 is 0 Å². The van der Waals surface area contributed by atoms with E-state index in [2.05, 4.69) is 20.9 Å². The van der Waals surface area contributed by atoms with Gasteiger partial charge in [-0.05, 0) is 44.6 Å². The highest BCUT2D eigenvalue weighted by Crippen LogP contribution is 2.33. The Morgan fingerprint density at radius 3 is 2.47 bits per heavy atom. The number of hydrogen-bond donors (Lipinski definition) is 0. The summed E-state index contributed by atoms with van der Waals surface area (Å²) in [6.07, 6.45) is -2.80. The Kier molecular flexibility index (Phi) is 4.29. The van der Waals surface area contributed by atoms with Crippen molar-refractivity contribution >= 4 is 58.3 Å². The SMILES string of the molecule is O=S(=O)(Cl)c1nc(I)cc(C(F)F)c1Br. The molecule has 1 aromatic rings. The van der Waals surface area contributed by atoms with E-state index < -0.39 is 26.1 Å². The fourth-order valence-corrected chi connectivity index (χ4v) is 3.72. The zero-order chi connectivity index (χ0) is 11.8. The molecule has 0 aliphatic rings. The van der Waals surface area contributed by atoms with E-state index in [-0.39, 0.29) is 8.17 Å². The van der Waals surface area contributed by atoms with E-state index >= 15 is 0 Å². The fourth-order valence-electron chi connectivity index (χ4n) is 0.814. The summed E-state index contributed by atoms with van der Waals surface area (Å²) >= 11 is 4.38. The average molecular weight is 432 g/mol. The predicted octanol–water partition coefficient (Wildman–Crippen LogP) is 3.31. The molecule has 1 rings (SSSR count). The summed E-state index contributed by atoms with van der Waals surface area (Å²) < 4.78 is 46.8. The van der Waals surface area contributed by atoms with Gasteiger partial charge in [0.2, 0.25) is 0 Å². The Hall–Kier alpha value is 0.460. The highest BCUT2D eigenvalue weighted by molar-refractivity contribution is 14.1. The normalized spacial score (nSPS) is 12.1. The maximum absolute atomic E-state index is 12.5. The Labute approximate surface area is 111 Å². The van der Waals surface area contributed by atoms with E-state index in [1.54, 1.807) is 22.6 Å². The molecule has 0 aromatic carbocycles. The molecular weight excluding hydrogens is 430 g/mol. The summed E-state index contributed by atoms with van der Waals surface area (Å²) in [5.74, 6) is 0. The highest BCUT2D eigenvalue weighted by atomic mass is 127. The van der Waals surface area contributed by atoms with Crippen molar-refractivity contribution in [1.29, 1.82) is 0 Å². The first-order valence-corrected chi connectivity index (χ1v) is 7.50. The van der Waals surface area contributed by atoms with Crippen molar-refractivity contribution < 1.29 is 17.2 Å². The van der Waals surface area contributed by atoms with E-state index in [0.717, 1.165) is 6.07 Å². The number of rotatable bonds is 2. The van der Waals surface area contributed by atoms with Crippen LogP contribution in [-0.4, -0.2) is 13.4 Å². The van der Waals surface area contributed by atoms with E-state index in [9.17, 15) is 17.2 Å². The second kappa shape index (κ2) is 4.76. The smallest absolute Gasteiger partial charge is 0.228 e. The van der Waals surface area contributed by atoms with Crippen molar-refractivity contribution in [1.82, 2.24) is 4.98 Å². The topological polar surface area (TPSA) is 47.0 Å².